The molecule has 0 aliphatic heterocycles. The quantitative estimate of drug-likeness (QED) is 0.243. The van der Waals surface area contributed by atoms with E-state index in [1.807, 2.05) is 12.1 Å². The van der Waals surface area contributed by atoms with E-state index >= 15 is 0 Å². The molecule has 0 N–H and O–H groups in total. The Hall–Kier alpha value is -3.28. The molecule has 0 amide bonds. The maximum Gasteiger partial charge on any atom is 0.347 e. The Morgan fingerprint density at radius 1 is 0.939 bits per heavy atom. The molecule has 0 spiro atoms. The van der Waals surface area contributed by atoms with Crippen molar-refractivity contribution in [3.63, 3.8) is 0 Å². The molecule has 0 saturated carbocycles. The van der Waals surface area contributed by atoms with Gasteiger partial charge >= 0.3 is 5.97 Å². The van der Waals surface area contributed by atoms with E-state index in [0.717, 1.165) is 24.8 Å². The Morgan fingerprint density at radius 3 is 2.33 bits per heavy atom. The molecule has 0 fully saturated rings. The Kier molecular flexibility index (Phi) is 8.93. The van der Waals surface area contributed by atoms with Crippen LogP contribution in [0.25, 0.3) is 22.1 Å². The summed E-state index contributed by atoms with van der Waals surface area (Å²) in [5.41, 5.74) is 1.48. The summed E-state index contributed by atoms with van der Waals surface area (Å²) in [7, 11) is 2.96. The summed E-state index contributed by atoms with van der Waals surface area (Å²) < 4.78 is 21.8. The van der Waals surface area contributed by atoms with Gasteiger partial charge in [-0.2, -0.15) is 0 Å². The van der Waals surface area contributed by atoms with Crippen LogP contribution >= 0.6 is 0 Å². The van der Waals surface area contributed by atoms with Crippen LogP contribution in [0.15, 0.2) is 57.9 Å². The zero-order valence-corrected chi connectivity index (χ0v) is 19.6. The van der Waals surface area contributed by atoms with Crippen LogP contribution in [0.5, 0.6) is 11.5 Å². The lowest BCUT2D eigenvalue weighted by Gasteiger charge is -2.17. The third kappa shape index (κ3) is 6.37. The van der Waals surface area contributed by atoms with E-state index in [4.69, 9.17) is 18.6 Å². The molecule has 176 valence electrons. The van der Waals surface area contributed by atoms with Gasteiger partial charge in [-0.25, -0.2) is 4.79 Å². The molecule has 0 bridgehead atoms. The molecule has 0 aliphatic carbocycles. The van der Waals surface area contributed by atoms with Crippen molar-refractivity contribution in [2.45, 2.75) is 58.0 Å². The van der Waals surface area contributed by atoms with E-state index < -0.39 is 12.1 Å². The first-order valence-electron chi connectivity index (χ1n) is 11.5. The highest BCUT2D eigenvalue weighted by atomic mass is 16.6. The minimum absolute atomic E-state index is 0.135. The largest absolute Gasteiger partial charge is 0.497 e. The van der Waals surface area contributed by atoms with Crippen LogP contribution in [0, 0.1) is 0 Å². The number of carbonyl (C=O) groups is 1. The molecule has 1 atom stereocenters. The van der Waals surface area contributed by atoms with Crippen molar-refractivity contribution in [1.82, 2.24) is 0 Å². The molecule has 1 aromatic heterocycles. The molecule has 2 aromatic carbocycles. The van der Waals surface area contributed by atoms with Gasteiger partial charge in [0.1, 0.15) is 23.3 Å². The number of unbranched alkanes of at least 4 members (excludes halogenated alkanes) is 5. The number of ether oxygens (including phenoxy) is 3. The Labute approximate surface area is 194 Å². The number of hydrogen-bond donors (Lipinski definition) is 0. The highest BCUT2D eigenvalue weighted by Gasteiger charge is 2.21. The van der Waals surface area contributed by atoms with Crippen molar-refractivity contribution in [2.24, 2.45) is 0 Å². The smallest absolute Gasteiger partial charge is 0.347 e. The molecule has 6 nitrogen and oxygen atoms in total. The van der Waals surface area contributed by atoms with Crippen LogP contribution in [0.1, 0.15) is 51.9 Å². The van der Waals surface area contributed by atoms with E-state index in [0.29, 0.717) is 34.5 Å². The van der Waals surface area contributed by atoms with Crippen LogP contribution in [0.3, 0.4) is 0 Å². The second-order valence-corrected chi connectivity index (χ2v) is 8.05. The zero-order valence-electron chi connectivity index (χ0n) is 19.6. The molecular weight excluding hydrogens is 420 g/mol. The van der Waals surface area contributed by atoms with Gasteiger partial charge in [-0.05, 0) is 42.7 Å². The number of methoxy groups -OCH3 is 2. The predicted molar refractivity (Wildman–Crippen MR) is 129 cm³/mol. The van der Waals surface area contributed by atoms with Crippen molar-refractivity contribution < 1.29 is 23.4 Å². The van der Waals surface area contributed by atoms with Crippen molar-refractivity contribution in [3.8, 4) is 22.6 Å². The fourth-order valence-corrected chi connectivity index (χ4v) is 3.78. The lowest BCUT2D eigenvalue weighted by atomic mass is 10.1. The number of esters is 1. The average Bonchev–Trinajstić information content (AvgIpc) is 2.85. The predicted octanol–water partition coefficient (Wildman–Crippen LogP) is 6.14. The highest BCUT2D eigenvalue weighted by Crippen LogP contribution is 2.25. The number of benzene rings is 2. The van der Waals surface area contributed by atoms with Crippen molar-refractivity contribution in [1.29, 1.82) is 0 Å². The van der Waals surface area contributed by atoms with E-state index in [1.165, 1.54) is 32.6 Å². The second-order valence-electron chi connectivity index (χ2n) is 8.05. The second kappa shape index (κ2) is 12.1. The normalized spacial score (nSPS) is 11.8. The summed E-state index contributed by atoms with van der Waals surface area (Å²) in [6, 6.07) is 12.2. The maximum absolute atomic E-state index is 13.0. The third-order valence-corrected chi connectivity index (χ3v) is 5.71. The first-order chi connectivity index (χ1) is 16.1. The lowest BCUT2D eigenvalue weighted by molar-refractivity contribution is -0.149. The Morgan fingerprint density at radius 2 is 1.64 bits per heavy atom. The topological polar surface area (TPSA) is 75.0 Å². The van der Waals surface area contributed by atoms with Crippen LogP contribution in [-0.2, 0) is 9.53 Å². The van der Waals surface area contributed by atoms with Gasteiger partial charge in [-0.15, -0.1) is 0 Å². The van der Waals surface area contributed by atoms with Crippen LogP contribution < -0.4 is 14.9 Å². The summed E-state index contributed by atoms with van der Waals surface area (Å²) >= 11 is 0. The molecule has 1 unspecified atom stereocenters. The maximum atomic E-state index is 13.0. The summed E-state index contributed by atoms with van der Waals surface area (Å²) in [5.74, 6) is 0.774. The molecule has 3 rings (SSSR count). The van der Waals surface area contributed by atoms with Gasteiger partial charge in [0.25, 0.3) is 0 Å². The minimum Gasteiger partial charge on any atom is -0.497 e. The molecular formula is C27H32O6. The summed E-state index contributed by atoms with van der Waals surface area (Å²) in [5, 5.41) is 0.446. The Balaban J connectivity index is 1.74. The molecule has 33 heavy (non-hydrogen) atoms. The number of carbonyl (C=O) groups excluding carboxylic acids is 1. The lowest BCUT2D eigenvalue weighted by Crippen LogP contribution is -2.28. The SMILES string of the molecule is CCCCCCCCC(Oc1ccc2c(=O)c(-c3ccc(OC)cc3)coc2c1)C(=O)OC. The monoisotopic (exact) mass is 452 g/mol. The molecule has 3 aromatic rings. The van der Waals surface area contributed by atoms with Crippen molar-refractivity contribution in [2.75, 3.05) is 14.2 Å². The van der Waals surface area contributed by atoms with Crippen LogP contribution in [0.2, 0.25) is 0 Å². The van der Waals surface area contributed by atoms with E-state index in [-0.39, 0.29) is 5.43 Å². The highest BCUT2D eigenvalue weighted by molar-refractivity contribution is 5.83. The standard InChI is InChI=1S/C27H32O6/c1-4-5-6-7-8-9-10-24(27(29)31-3)33-21-15-16-22-25(17-21)32-18-23(26(22)28)19-11-13-20(30-2)14-12-19/h11-18,24H,4-10H2,1-3H3. The van der Waals surface area contributed by atoms with Crippen LogP contribution in [0.4, 0.5) is 0 Å². The fraction of sp³-hybridized carbons (Fsp3) is 0.407. The summed E-state index contributed by atoms with van der Waals surface area (Å²) in [4.78, 5) is 25.2. The van der Waals surface area contributed by atoms with Gasteiger partial charge in [0.2, 0.25) is 0 Å². The van der Waals surface area contributed by atoms with Gasteiger partial charge < -0.3 is 18.6 Å². The third-order valence-electron chi connectivity index (χ3n) is 5.71. The van der Waals surface area contributed by atoms with Gasteiger partial charge in [0, 0.05) is 6.07 Å². The van der Waals surface area contributed by atoms with Crippen molar-refractivity contribution >= 4 is 16.9 Å². The number of fused-ring (bicyclic) bond motifs is 1. The van der Waals surface area contributed by atoms with Crippen molar-refractivity contribution in [3.05, 3.63) is 59.0 Å². The summed E-state index contributed by atoms with van der Waals surface area (Å²) in [6.45, 7) is 2.19. The zero-order chi connectivity index (χ0) is 23.6. The fourth-order valence-electron chi connectivity index (χ4n) is 3.78. The minimum atomic E-state index is -0.691. The van der Waals surface area contributed by atoms with Gasteiger partial charge in [0.15, 0.2) is 11.5 Å². The molecule has 6 heteroatoms. The first-order valence-corrected chi connectivity index (χ1v) is 11.5. The van der Waals surface area contributed by atoms with E-state index in [1.54, 1.807) is 37.4 Å². The molecule has 0 saturated heterocycles. The Bertz CT molecular complexity index is 1100. The number of rotatable bonds is 12. The number of hydrogen-bond acceptors (Lipinski definition) is 6. The average molecular weight is 453 g/mol. The summed E-state index contributed by atoms with van der Waals surface area (Å²) in [6.07, 6.45) is 8.08. The van der Waals surface area contributed by atoms with E-state index in [9.17, 15) is 9.59 Å². The van der Waals surface area contributed by atoms with Gasteiger partial charge in [-0.3, -0.25) is 4.79 Å². The molecule has 0 aliphatic rings. The molecule has 1 heterocycles. The van der Waals surface area contributed by atoms with Gasteiger partial charge in [0.05, 0.1) is 25.2 Å². The van der Waals surface area contributed by atoms with E-state index in [2.05, 4.69) is 6.92 Å². The van der Waals surface area contributed by atoms with Crippen LogP contribution in [-0.4, -0.2) is 26.3 Å². The first kappa shape index (κ1) is 24.4. The molecule has 0 radical (unpaired) electrons. The van der Waals surface area contributed by atoms with Gasteiger partial charge in [-0.1, -0.05) is 51.2 Å².